The van der Waals surface area contributed by atoms with Crippen molar-refractivity contribution in [3.63, 3.8) is 0 Å². The van der Waals surface area contributed by atoms with Crippen molar-refractivity contribution in [3.05, 3.63) is 29.6 Å². The molecule has 1 aromatic heterocycles. The van der Waals surface area contributed by atoms with Crippen LogP contribution in [0.5, 0.6) is 0 Å². The minimum atomic E-state index is -0.605. The highest BCUT2D eigenvalue weighted by atomic mass is 16.3. The van der Waals surface area contributed by atoms with E-state index in [0.29, 0.717) is 5.92 Å². The molecule has 0 saturated heterocycles. The number of aryl methyl sites for hydroxylation is 1. The lowest BCUT2D eigenvalue weighted by atomic mass is 9.53. The normalized spacial score (nSPS) is 43.8. The summed E-state index contributed by atoms with van der Waals surface area (Å²) in [4.78, 5) is 4.71. The average molecular weight is 285 g/mol. The fraction of sp³-hybridized carbons (Fsp3) is 0.737. The monoisotopic (exact) mass is 285 g/mol. The summed E-state index contributed by atoms with van der Waals surface area (Å²) in [5.74, 6) is 0.884. The molecule has 3 aliphatic rings. The zero-order chi connectivity index (χ0) is 14.9. The SMILES string of the molecule is CC12CCC(C1)C(C)(C)C2(O)C1CCCc2cccnc21. The van der Waals surface area contributed by atoms with Crippen molar-refractivity contribution < 1.29 is 5.11 Å². The van der Waals surface area contributed by atoms with Crippen molar-refractivity contribution in [3.8, 4) is 0 Å². The van der Waals surface area contributed by atoms with E-state index in [1.54, 1.807) is 0 Å². The van der Waals surface area contributed by atoms with Crippen molar-refractivity contribution >= 4 is 0 Å². The molecule has 3 aliphatic carbocycles. The molecule has 4 atom stereocenters. The van der Waals surface area contributed by atoms with Crippen molar-refractivity contribution in [2.45, 2.75) is 70.8 Å². The van der Waals surface area contributed by atoms with E-state index >= 15 is 0 Å². The molecule has 4 rings (SSSR count). The van der Waals surface area contributed by atoms with Crippen LogP contribution < -0.4 is 0 Å². The first-order chi connectivity index (χ1) is 9.90. The number of hydrogen-bond donors (Lipinski definition) is 1. The number of aromatic nitrogens is 1. The highest BCUT2D eigenvalue weighted by Gasteiger charge is 2.71. The van der Waals surface area contributed by atoms with E-state index < -0.39 is 5.60 Å². The Hall–Kier alpha value is -0.890. The molecule has 2 saturated carbocycles. The lowest BCUT2D eigenvalue weighted by Gasteiger charge is -2.55. The maximum atomic E-state index is 12.0. The van der Waals surface area contributed by atoms with Crippen LogP contribution in [0.25, 0.3) is 0 Å². The fourth-order valence-electron chi connectivity index (χ4n) is 6.18. The van der Waals surface area contributed by atoms with E-state index in [4.69, 9.17) is 4.98 Å². The molecule has 1 aromatic rings. The van der Waals surface area contributed by atoms with Gasteiger partial charge in [-0.2, -0.15) is 0 Å². The second-order valence-corrected chi connectivity index (χ2v) is 8.48. The van der Waals surface area contributed by atoms with Gasteiger partial charge in [0.05, 0.1) is 5.60 Å². The maximum Gasteiger partial charge on any atom is 0.0837 e. The van der Waals surface area contributed by atoms with E-state index in [2.05, 4.69) is 26.8 Å². The van der Waals surface area contributed by atoms with Gasteiger partial charge in [-0.1, -0.05) is 26.8 Å². The Labute approximate surface area is 128 Å². The van der Waals surface area contributed by atoms with Crippen LogP contribution >= 0.6 is 0 Å². The molecular formula is C19H27NO. The van der Waals surface area contributed by atoms with Crippen LogP contribution in [-0.4, -0.2) is 15.7 Å². The summed E-state index contributed by atoms with van der Waals surface area (Å²) in [6.07, 6.45) is 8.95. The molecule has 2 fully saturated rings. The Bertz CT molecular complexity index is 574. The van der Waals surface area contributed by atoms with E-state index in [-0.39, 0.29) is 16.7 Å². The summed E-state index contributed by atoms with van der Waals surface area (Å²) in [6, 6.07) is 4.25. The van der Waals surface area contributed by atoms with Crippen molar-refractivity contribution in [1.29, 1.82) is 0 Å². The first kappa shape index (κ1) is 13.8. The van der Waals surface area contributed by atoms with Crippen molar-refractivity contribution in [2.75, 3.05) is 0 Å². The van der Waals surface area contributed by atoms with Gasteiger partial charge in [0.25, 0.3) is 0 Å². The standard InChI is InChI=1S/C19H27NO/c1-17(2)14-9-10-18(3,12-14)19(17,21)15-8-4-6-13-7-5-11-20-16(13)15/h5,7,11,14-15,21H,4,6,8-10,12H2,1-3H3. The van der Waals surface area contributed by atoms with Crippen LogP contribution in [0, 0.1) is 16.7 Å². The number of rotatable bonds is 1. The number of pyridine rings is 1. The molecule has 114 valence electrons. The largest absolute Gasteiger partial charge is 0.388 e. The molecule has 1 N–H and O–H groups in total. The predicted molar refractivity (Wildman–Crippen MR) is 84.1 cm³/mol. The van der Waals surface area contributed by atoms with E-state index in [1.165, 1.54) is 36.9 Å². The molecule has 2 nitrogen and oxygen atoms in total. The molecule has 0 aromatic carbocycles. The van der Waals surface area contributed by atoms with Crippen LogP contribution in [-0.2, 0) is 6.42 Å². The Morgan fingerprint density at radius 1 is 1.24 bits per heavy atom. The zero-order valence-corrected chi connectivity index (χ0v) is 13.5. The highest BCUT2D eigenvalue weighted by molar-refractivity contribution is 5.34. The van der Waals surface area contributed by atoms with Gasteiger partial charge < -0.3 is 5.11 Å². The molecule has 2 bridgehead atoms. The fourth-order valence-corrected chi connectivity index (χ4v) is 6.18. The minimum absolute atomic E-state index is 0.00318. The molecule has 1 heterocycles. The first-order valence-electron chi connectivity index (χ1n) is 8.56. The summed E-state index contributed by atoms with van der Waals surface area (Å²) in [7, 11) is 0. The topological polar surface area (TPSA) is 33.1 Å². The van der Waals surface area contributed by atoms with Crippen LogP contribution in [0.3, 0.4) is 0 Å². The molecule has 2 heteroatoms. The number of nitrogens with zero attached hydrogens (tertiary/aromatic N) is 1. The molecular weight excluding hydrogens is 258 g/mol. The van der Waals surface area contributed by atoms with Gasteiger partial charge in [0, 0.05) is 17.8 Å². The molecule has 0 spiro atoms. The minimum Gasteiger partial charge on any atom is -0.388 e. The quantitative estimate of drug-likeness (QED) is 0.843. The second-order valence-electron chi connectivity index (χ2n) is 8.48. The summed E-state index contributed by atoms with van der Waals surface area (Å²) < 4.78 is 0. The van der Waals surface area contributed by atoms with Crippen LogP contribution in [0.2, 0.25) is 0 Å². The Morgan fingerprint density at radius 3 is 2.76 bits per heavy atom. The third-order valence-electron chi connectivity index (χ3n) is 7.36. The van der Waals surface area contributed by atoms with Gasteiger partial charge in [0.2, 0.25) is 0 Å². The molecule has 0 aliphatic heterocycles. The molecule has 0 amide bonds. The third-order valence-corrected chi connectivity index (χ3v) is 7.36. The third kappa shape index (κ3) is 1.50. The van der Waals surface area contributed by atoms with Crippen LogP contribution in [0.4, 0.5) is 0 Å². The second kappa shape index (κ2) is 4.10. The Morgan fingerprint density at radius 2 is 2.05 bits per heavy atom. The van der Waals surface area contributed by atoms with Gasteiger partial charge in [-0.05, 0) is 66.9 Å². The first-order valence-corrected chi connectivity index (χ1v) is 8.56. The zero-order valence-electron chi connectivity index (χ0n) is 13.5. The molecule has 0 radical (unpaired) electrons. The van der Waals surface area contributed by atoms with Gasteiger partial charge in [-0.3, -0.25) is 4.98 Å². The number of aliphatic hydroxyl groups is 1. The van der Waals surface area contributed by atoms with Gasteiger partial charge in [-0.15, -0.1) is 0 Å². The molecule has 21 heavy (non-hydrogen) atoms. The summed E-state index contributed by atoms with van der Waals surface area (Å²) in [5, 5.41) is 12.0. The molecule has 4 unspecified atom stereocenters. The van der Waals surface area contributed by atoms with Crippen molar-refractivity contribution in [2.24, 2.45) is 16.7 Å². The lowest BCUT2D eigenvalue weighted by Crippen LogP contribution is -2.58. The number of hydrogen-bond acceptors (Lipinski definition) is 2. The van der Waals surface area contributed by atoms with E-state index in [9.17, 15) is 5.11 Å². The van der Waals surface area contributed by atoms with Crippen LogP contribution in [0.1, 0.15) is 70.1 Å². The summed E-state index contributed by atoms with van der Waals surface area (Å²) in [6.45, 7) is 6.94. The van der Waals surface area contributed by atoms with E-state index in [0.717, 1.165) is 12.8 Å². The lowest BCUT2D eigenvalue weighted by molar-refractivity contribution is -0.163. The van der Waals surface area contributed by atoms with Crippen molar-refractivity contribution in [1.82, 2.24) is 4.98 Å². The van der Waals surface area contributed by atoms with Crippen LogP contribution in [0.15, 0.2) is 18.3 Å². The maximum absolute atomic E-state index is 12.0. The van der Waals surface area contributed by atoms with Gasteiger partial charge in [0.1, 0.15) is 0 Å². The predicted octanol–water partition coefficient (Wildman–Crippen LogP) is 4.08. The summed E-state index contributed by atoms with van der Waals surface area (Å²) in [5.41, 5.74) is 2.01. The average Bonchev–Trinajstić information content (AvgIpc) is 2.95. The smallest absolute Gasteiger partial charge is 0.0837 e. The summed E-state index contributed by atoms with van der Waals surface area (Å²) >= 11 is 0. The van der Waals surface area contributed by atoms with Gasteiger partial charge >= 0.3 is 0 Å². The Balaban J connectivity index is 1.87. The van der Waals surface area contributed by atoms with Gasteiger partial charge in [0.15, 0.2) is 0 Å². The highest BCUT2D eigenvalue weighted by Crippen LogP contribution is 2.72. The van der Waals surface area contributed by atoms with Gasteiger partial charge in [-0.25, -0.2) is 0 Å². The number of fused-ring (bicyclic) bond motifs is 3. The van der Waals surface area contributed by atoms with E-state index in [1.807, 2.05) is 12.3 Å². The Kier molecular flexibility index (Phi) is 2.68.